The van der Waals surface area contributed by atoms with Gasteiger partial charge >= 0.3 is 0 Å². The standard InChI is InChI=1S/C17H26N6OS2/c1-4-6-25-16(18)22-20-10-13-8-12(3)9-14(15(13)24)11-21-23-17(19)26-7-5-2/h8-11,24H,4-7H2,1-3H3,(H2,18,22)(H2,19,23). The Kier molecular flexibility index (Phi) is 10.5. The molecule has 1 rings (SSSR count). The number of nitrogens with two attached hydrogens (primary N) is 2. The Morgan fingerprint density at radius 2 is 1.38 bits per heavy atom. The van der Waals surface area contributed by atoms with Crippen molar-refractivity contribution in [3.05, 3.63) is 28.8 Å². The summed E-state index contributed by atoms with van der Waals surface area (Å²) < 4.78 is 0. The van der Waals surface area contributed by atoms with Gasteiger partial charge in [0.2, 0.25) is 0 Å². The second-order valence-corrected chi connectivity index (χ2v) is 7.58. The van der Waals surface area contributed by atoms with E-state index in [0.29, 0.717) is 21.5 Å². The topological polar surface area (TPSA) is 122 Å². The van der Waals surface area contributed by atoms with E-state index in [0.717, 1.165) is 29.9 Å². The zero-order chi connectivity index (χ0) is 19.4. The van der Waals surface area contributed by atoms with Crippen LogP contribution < -0.4 is 11.5 Å². The predicted octanol–water partition coefficient (Wildman–Crippen LogP) is 3.28. The molecule has 0 atom stereocenters. The third-order valence-corrected chi connectivity index (χ3v) is 4.91. The van der Waals surface area contributed by atoms with Gasteiger partial charge in [0, 0.05) is 22.6 Å². The van der Waals surface area contributed by atoms with E-state index in [-0.39, 0.29) is 5.75 Å². The summed E-state index contributed by atoms with van der Waals surface area (Å²) in [6.07, 6.45) is 4.95. The molecule has 0 amide bonds. The summed E-state index contributed by atoms with van der Waals surface area (Å²) in [6.45, 7) is 6.05. The number of rotatable bonds is 8. The van der Waals surface area contributed by atoms with Crippen molar-refractivity contribution in [3.63, 3.8) is 0 Å². The molecule has 0 aliphatic carbocycles. The summed E-state index contributed by atoms with van der Waals surface area (Å²) in [5.74, 6) is 1.83. The second-order valence-electron chi connectivity index (χ2n) is 5.35. The average molecular weight is 395 g/mol. The highest BCUT2D eigenvalue weighted by molar-refractivity contribution is 8.14. The van der Waals surface area contributed by atoms with Crippen LogP contribution in [0, 0.1) is 6.92 Å². The molecule has 9 heteroatoms. The quantitative estimate of drug-likeness (QED) is 0.355. The zero-order valence-electron chi connectivity index (χ0n) is 15.3. The lowest BCUT2D eigenvalue weighted by atomic mass is 10.1. The minimum Gasteiger partial charge on any atom is -0.507 e. The van der Waals surface area contributed by atoms with Crippen LogP contribution in [0.25, 0.3) is 0 Å². The minimum absolute atomic E-state index is 0.0491. The number of thioether (sulfide) groups is 2. The molecule has 0 aromatic heterocycles. The Bertz CT molecular complexity index is 645. The Morgan fingerprint density at radius 3 is 1.77 bits per heavy atom. The Hall–Kier alpha value is -2.00. The van der Waals surface area contributed by atoms with Crippen LogP contribution in [0.15, 0.2) is 32.5 Å². The van der Waals surface area contributed by atoms with Crippen LogP contribution in [0.5, 0.6) is 5.75 Å². The average Bonchev–Trinajstić information content (AvgIpc) is 2.61. The molecular formula is C17H26N6OS2. The molecule has 0 spiro atoms. The van der Waals surface area contributed by atoms with Gasteiger partial charge in [-0.1, -0.05) is 37.4 Å². The van der Waals surface area contributed by atoms with E-state index >= 15 is 0 Å². The highest BCUT2D eigenvalue weighted by atomic mass is 32.2. The predicted molar refractivity (Wildman–Crippen MR) is 117 cm³/mol. The Balaban J connectivity index is 2.91. The van der Waals surface area contributed by atoms with E-state index in [9.17, 15) is 5.11 Å². The molecule has 0 fully saturated rings. The van der Waals surface area contributed by atoms with Gasteiger partial charge in [-0.25, -0.2) is 0 Å². The molecule has 0 bridgehead atoms. The lowest BCUT2D eigenvalue weighted by molar-refractivity contribution is 0.473. The van der Waals surface area contributed by atoms with Gasteiger partial charge in [0.1, 0.15) is 5.75 Å². The molecular weight excluding hydrogens is 368 g/mol. The van der Waals surface area contributed by atoms with Gasteiger partial charge in [-0.3, -0.25) is 0 Å². The molecule has 5 N–H and O–H groups in total. The minimum atomic E-state index is 0.0491. The van der Waals surface area contributed by atoms with Crippen LogP contribution in [-0.4, -0.2) is 39.4 Å². The number of amidine groups is 2. The van der Waals surface area contributed by atoms with E-state index in [2.05, 4.69) is 34.3 Å². The first-order valence-electron chi connectivity index (χ1n) is 8.30. The van der Waals surface area contributed by atoms with Crippen molar-refractivity contribution in [1.29, 1.82) is 0 Å². The van der Waals surface area contributed by atoms with Crippen LogP contribution in [0.2, 0.25) is 0 Å². The van der Waals surface area contributed by atoms with Gasteiger partial charge in [-0.2, -0.15) is 10.2 Å². The van der Waals surface area contributed by atoms with Crippen molar-refractivity contribution in [2.24, 2.45) is 31.9 Å². The van der Waals surface area contributed by atoms with Crippen LogP contribution in [0.4, 0.5) is 0 Å². The van der Waals surface area contributed by atoms with Gasteiger partial charge in [-0.05, 0) is 37.5 Å². The van der Waals surface area contributed by atoms with Crippen LogP contribution in [-0.2, 0) is 0 Å². The largest absolute Gasteiger partial charge is 0.507 e. The summed E-state index contributed by atoms with van der Waals surface area (Å²) in [6, 6.07) is 3.60. The highest BCUT2D eigenvalue weighted by Crippen LogP contribution is 2.22. The molecule has 26 heavy (non-hydrogen) atoms. The summed E-state index contributed by atoms with van der Waals surface area (Å²) in [4.78, 5) is 0. The molecule has 1 aromatic rings. The number of hydrogen-bond acceptors (Lipinski definition) is 7. The van der Waals surface area contributed by atoms with Gasteiger partial charge < -0.3 is 16.6 Å². The number of aryl methyl sites for hydroxylation is 1. The normalized spacial score (nSPS) is 13.2. The fourth-order valence-electron chi connectivity index (χ4n) is 1.80. The zero-order valence-corrected chi connectivity index (χ0v) is 17.0. The Labute approximate surface area is 163 Å². The van der Waals surface area contributed by atoms with Gasteiger partial charge in [-0.15, -0.1) is 10.2 Å². The highest BCUT2D eigenvalue weighted by Gasteiger charge is 2.06. The van der Waals surface area contributed by atoms with E-state index in [1.807, 2.05) is 6.92 Å². The van der Waals surface area contributed by atoms with Crippen LogP contribution in [0.3, 0.4) is 0 Å². The third kappa shape index (κ3) is 8.39. The lowest BCUT2D eigenvalue weighted by Crippen LogP contribution is -2.06. The monoisotopic (exact) mass is 394 g/mol. The number of hydrogen-bond donors (Lipinski definition) is 3. The molecule has 0 aliphatic rings. The first-order valence-corrected chi connectivity index (χ1v) is 10.3. The fourth-order valence-corrected chi connectivity index (χ4v) is 2.84. The number of phenols is 1. The molecule has 1 aromatic carbocycles. The fraction of sp³-hybridized carbons (Fsp3) is 0.412. The summed E-state index contributed by atoms with van der Waals surface area (Å²) in [5, 5.41) is 26.9. The molecule has 7 nitrogen and oxygen atoms in total. The first kappa shape index (κ1) is 22.0. The Morgan fingerprint density at radius 1 is 0.962 bits per heavy atom. The van der Waals surface area contributed by atoms with Crippen molar-refractivity contribution < 1.29 is 5.11 Å². The van der Waals surface area contributed by atoms with E-state index in [1.165, 1.54) is 36.0 Å². The third-order valence-electron chi connectivity index (χ3n) is 2.93. The summed E-state index contributed by atoms with van der Waals surface area (Å²) in [7, 11) is 0. The molecule has 0 radical (unpaired) electrons. The number of phenolic OH excluding ortho intramolecular Hbond substituents is 1. The van der Waals surface area contributed by atoms with Crippen molar-refractivity contribution in [2.75, 3.05) is 11.5 Å². The van der Waals surface area contributed by atoms with E-state index in [1.54, 1.807) is 12.1 Å². The summed E-state index contributed by atoms with van der Waals surface area (Å²) >= 11 is 2.89. The molecule has 0 heterocycles. The number of benzene rings is 1. The summed E-state index contributed by atoms with van der Waals surface area (Å²) in [5.41, 5.74) is 13.5. The van der Waals surface area contributed by atoms with Gasteiger partial charge in [0.05, 0.1) is 12.4 Å². The number of nitrogens with zero attached hydrogens (tertiary/aromatic N) is 4. The van der Waals surface area contributed by atoms with Crippen molar-refractivity contribution >= 4 is 46.3 Å². The van der Waals surface area contributed by atoms with E-state index in [4.69, 9.17) is 11.5 Å². The lowest BCUT2D eigenvalue weighted by Gasteiger charge is -2.04. The molecule has 0 aliphatic heterocycles. The van der Waals surface area contributed by atoms with Gasteiger partial charge in [0.25, 0.3) is 0 Å². The van der Waals surface area contributed by atoms with Gasteiger partial charge in [0.15, 0.2) is 10.3 Å². The SMILES string of the molecule is CCCSC(N)=NN=Cc1cc(C)cc(C=NN=C(N)SCCC)c1O. The van der Waals surface area contributed by atoms with Crippen LogP contribution >= 0.6 is 23.5 Å². The maximum Gasteiger partial charge on any atom is 0.180 e. The maximum absolute atomic E-state index is 10.4. The van der Waals surface area contributed by atoms with Crippen LogP contribution in [0.1, 0.15) is 43.4 Å². The molecule has 142 valence electrons. The smallest absolute Gasteiger partial charge is 0.180 e. The molecule has 0 saturated carbocycles. The molecule has 0 saturated heterocycles. The van der Waals surface area contributed by atoms with Crippen molar-refractivity contribution in [2.45, 2.75) is 33.6 Å². The van der Waals surface area contributed by atoms with Crippen molar-refractivity contribution in [1.82, 2.24) is 0 Å². The van der Waals surface area contributed by atoms with E-state index < -0.39 is 0 Å². The maximum atomic E-state index is 10.4. The first-order chi connectivity index (χ1) is 12.5. The second kappa shape index (κ2) is 12.4. The molecule has 0 unspecified atom stereocenters. The van der Waals surface area contributed by atoms with Crippen molar-refractivity contribution in [3.8, 4) is 5.75 Å². The number of aromatic hydroxyl groups is 1.